The minimum absolute atomic E-state index is 0.0608. The first kappa shape index (κ1) is 23.2. The molecule has 35 heavy (non-hydrogen) atoms. The molecule has 4 heterocycles. The number of hydrogen-bond acceptors (Lipinski definition) is 9. The molecule has 2 aliphatic heterocycles. The predicted octanol–water partition coefficient (Wildman–Crippen LogP) is 2.44. The number of aryl methyl sites for hydroxylation is 1. The second-order valence-electron chi connectivity index (χ2n) is 8.30. The molecule has 10 nitrogen and oxygen atoms in total. The van der Waals surface area contributed by atoms with Crippen molar-refractivity contribution in [2.24, 2.45) is 5.10 Å². The lowest BCUT2D eigenvalue weighted by Gasteiger charge is -2.37. The number of hydrogen-bond donors (Lipinski definition) is 2. The summed E-state index contributed by atoms with van der Waals surface area (Å²) in [6.45, 7) is 5.20. The SMILES string of the molecule is CCn1cc(C(=O)O)c(=O)c2cc(F)c(N3CCN(CN4N=C(c5ccco5)OC4S)CC3)cc21. The van der Waals surface area contributed by atoms with E-state index in [0.29, 0.717) is 62.3 Å². The fraction of sp³-hybridized carbons (Fsp3) is 0.348. The summed E-state index contributed by atoms with van der Waals surface area (Å²) in [5, 5.41) is 15.6. The maximum absolute atomic E-state index is 15.1. The van der Waals surface area contributed by atoms with Crippen LogP contribution in [0.5, 0.6) is 0 Å². The van der Waals surface area contributed by atoms with Gasteiger partial charge in [-0.1, -0.05) is 0 Å². The van der Waals surface area contributed by atoms with Crippen molar-refractivity contribution in [3.8, 4) is 0 Å². The third-order valence-corrected chi connectivity index (χ3v) is 6.57. The Morgan fingerprint density at radius 1 is 1.29 bits per heavy atom. The molecule has 5 rings (SSSR count). The zero-order valence-corrected chi connectivity index (χ0v) is 19.8. The zero-order valence-electron chi connectivity index (χ0n) is 18.9. The first-order chi connectivity index (χ1) is 16.9. The highest BCUT2D eigenvalue weighted by molar-refractivity contribution is 7.80. The lowest BCUT2D eigenvalue weighted by molar-refractivity contribution is 0.0666. The fourth-order valence-electron chi connectivity index (χ4n) is 4.35. The van der Waals surface area contributed by atoms with Crippen molar-refractivity contribution in [3.63, 3.8) is 0 Å². The van der Waals surface area contributed by atoms with Gasteiger partial charge in [-0.3, -0.25) is 9.69 Å². The number of fused-ring (bicyclic) bond motifs is 1. The van der Waals surface area contributed by atoms with Gasteiger partial charge < -0.3 is 23.7 Å². The van der Waals surface area contributed by atoms with Crippen LogP contribution in [0, 0.1) is 5.82 Å². The molecule has 0 aliphatic carbocycles. The van der Waals surface area contributed by atoms with Crippen LogP contribution in [-0.2, 0) is 11.3 Å². The fourth-order valence-corrected chi connectivity index (χ4v) is 4.57. The van der Waals surface area contributed by atoms with Gasteiger partial charge in [0, 0.05) is 44.3 Å². The largest absolute Gasteiger partial charge is 0.477 e. The Balaban J connectivity index is 1.32. The highest BCUT2D eigenvalue weighted by Crippen LogP contribution is 2.27. The van der Waals surface area contributed by atoms with Crippen LogP contribution >= 0.6 is 12.6 Å². The monoisotopic (exact) mass is 501 g/mol. The van der Waals surface area contributed by atoms with Crippen LogP contribution < -0.4 is 10.3 Å². The molecule has 0 amide bonds. The minimum Gasteiger partial charge on any atom is -0.477 e. The van der Waals surface area contributed by atoms with Crippen molar-refractivity contribution in [2.45, 2.75) is 19.0 Å². The van der Waals surface area contributed by atoms with E-state index in [4.69, 9.17) is 9.15 Å². The van der Waals surface area contributed by atoms with Crippen molar-refractivity contribution < 1.29 is 23.4 Å². The lowest BCUT2D eigenvalue weighted by Crippen LogP contribution is -2.50. The van der Waals surface area contributed by atoms with Crippen LogP contribution in [0.2, 0.25) is 0 Å². The van der Waals surface area contributed by atoms with Gasteiger partial charge in [0.25, 0.3) is 5.90 Å². The van der Waals surface area contributed by atoms with Crippen molar-refractivity contribution in [3.05, 3.63) is 64.1 Å². The van der Waals surface area contributed by atoms with Crippen molar-refractivity contribution >= 4 is 41.1 Å². The number of hydrazone groups is 1. The second kappa shape index (κ2) is 9.27. The molecule has 3 aromatic rings. The number of anilines is 1. The topological polar surface area (TPSA) is 104 Å². The summed E-state index contributed by atoms with van der Waals surface area (Å²) in [5.74, 6) is -0.972. The maximum atomic E-state index is 15.1. The molecular formula is C23H24FN5O5S. The van der Waals surface area contributed by atoms with Gasteiger partial charge in [0.2, 0.25) is 11.0 Å². The van der Waals surface area contributed by atoms with Crippen LogP contribution in [0.4, 0.5) is 10.1 Å². The molecule has 1 saturated heterocycles. The van der Waals surface area contributed by atoms with Gasteiger partial charge >= 0.3 is 5.97 Å². The Kier molecular flexibility index (Phi) is 6.15. The number of piperazine rings is 1. The van der Waals surface area contributed by atoms with Gasteiger partial charge in [-0.2, -0.15) is 0 Å². The number of carbonyl (C=O) groups is 1. The Hall–Kier alpha value is -3.51. The summed E-state index contributed by atoms with van der Waals surface area (Å²) >= 11 is 4.44. The molecule has 2 aliphatic rings. The van der Waals surface area contributed by atoms with E-state index in [0.717, 1.165) is 6.07 Å². The molecule has 0 saturated carbocycles. The minimum atomic E-state index is -1.33. The highest BCUT2D eigenvalue weighted by Gasteiger charge is 2.30. The number of benzene rings is 1. The third-order valence-electron chi connectivity index (χ3n) is 6.20. The van der Waals surface area contributed by atoms with Crippen LogP contribution in [-0.4, -0.2) is 69.9 Å². The Morgan fingerprint density at radius 3 is 2.71 bits per heavy atom. The van der Waals surface area contributed by atoms with E-state index in [-0.39, 0.29) is 10.9 Å². The number of thiol groups is 1. The van der Waals surface area contributed by atoms with E-state index < -0.39 is 22.8 Å². The maximum Gasteiger partial charge on any atom is 0.341 e. The molecule has 0 radical (unpaired) electrons. The molecule has 2 aromatic heterocycles. The van der Waals surface area contributed by atoms with E-state index in [2.05, 4.69) is 22.6 Å². The number of pyridine rings is 1. The molecular weight excluding hydrogens is 477 g/mol. The summed E-state index contributed by atoms with van der Waals surface area (Å²) in [5.41, 5.74) is -0.695. The van der Waals surface area contributed by atoms with Gasteiger partial charge in [0.05, 0.1) is 24.1 Å². The van der Waals surface area contributed by atoms with E-state index in [9.17, 15) is 14.7 Å². The Labute approximate surface area is 205 Å². The number of ether oxygens (including phenoxy) is 1. The summed E-state index contributed by atoms with van der Waals surface area (Å²) in [4.78, 5) is 28.1. The smallest absolute Gasteiger partial charge is 0.341 e. The quantitative estimate of drug-likeness (QED) is 0.497. The summed E-state index contributed by atoms with van der Waals surface area (Å²) in [6.07, 6.45) is 2.86. The number of carboxylic acid groups (broad SMARTS) is 1. The van der Waals surface area contributed by atoms with Gasteiger partial charge in [-0.15, -0.1) is 17.7 Å². The number of furan rings is 1. The van der Waals surface area contributed by atoms with Gasteiger partial charge in [-0.05, 0) is 31.2 Å². The van der Waals surface area contributed by atoms with E-state index >= 15 is 4.39 Å². The summed E-state index contributed by atoms with van der Waals surface area (Å²) in [7, 11) is 0. The van der Waals surface area contributed by atoms with E-state index in [1.807, 2.05) is 11.8 Å². The number of halogens is 1. The van der Waals surface area contributed by atoms with Crippen LogP contribution in [0.25, 0.3) is 10.9 Å². The molecule has 184 valence electrons. The van der Waals surface area contributed by atoms with Gasteiger partial charge in [0.15, 0.2) is 5.76 Å². The Morgan fingerprint density at radius 2 is 2.06 bits per heavy atom. The van der Waals surface area contributed by atoms with E-state index in [1.54, 1.807) is 34.0 Å². The summed E-state index contributed by atoms with van der Waals surface area (Å²) in [6, 6.07) is 6.30. The average Bonchev–Trinajstić information content (AvgIpc) is 3.50. The molecule has 0 bridgehead atoms. The zero-order chi connectivity index (χ0) is 24.7. The standard InChI is InChI=1S/C23H24FN5O5S/c1-2-27-12-15(22(31)32)20(30)14-10-16(24)18(11-17(14)27)28-7-5-26(6-8-28)13-29-23(35)34-21(25-29)19-4-3-9-33-19/h3-4,9-12,23,35H,2,5-8,13H2,1H3,(H,31,32). The van der Waals surface area contributed by atoms with Gasteiger partial charge in [0.1, 0.15) is 11.4 Å². The summed E-state index contributed by atoms with van der Waals surface area (Å²) < 4.78 is 27.7. The number of nitrogens with zero attached hydrogens (tertiary/aromatic N) is 5. The van der Waals surface area contributed by atoms with Crippen molar-refractivity contribution in [1.82, 2.24) is 14.5 Å². The molecule has 1 unspecified atom stereocenters. The molecule has 0 spiro atoms. The van der Waals surface area contributed by atoms with Crippen molar-refractivity contribution in [1.29, 1.82) is 0 Å². The average molecular weight is 502 g/mol. The Bertz CT molecular complexity index is 1350. The number of aromatic nitrogens is 1. The van der Waals surface area contributed by atoms with Gasteiger partial charge in [-0.25, -0.2) is 14.2 Å². The normalized spacial score (nSPS) is 18.7. The third kappa shape index (κ3) is 4.34. The number of aromatic carboxylic acids is 1. The predicted molar refractivity (Wildman–Crippen MR) is 130 cm³/mol. The number of carboxylic acids is 1. The first-order valence-corrected chi connectivity index (χ1v) is 11.7. The molecule has 1 N–H and O–H groups in total. The molecule has 1 aromatic carbocycles. The highest BCUT2D eigenvalue weighted by atomic mass is 32.1. The lowest BCUT2D eigenvalue weighted by atomic mass is 10.1. The molecule has 1 atom stereocenters. The first-order valence-electron chi connectivity index (χ1n) is 11.2. The molecule has 1 fully saturated rings. The molecule has 12 heteroatoms. The number of rotatable bonds is 6. The van der Waals surface area contributed by atoms with Crippen LogP contribution in [0.15, 0.2) is 51.0 Å². The second-order valence-corrected chi connectivity index (χ2v) is 8.74. The van der Waals surface area contributed by atoms with E-state index in [1.165, 1.54) is 6.20 Å². The van der Waals surface area contributed by atoms with Crippen LogP contribution in [0.3, 0.4) is 0 Å². The van der Waals surface area contributed by atoms with Crippen LogP contribution in [0.1, 0.15) is 23.0 Å². The van der Waals surface area contributed by atoms with Crippen molar-refractivity contribution in [2.75, 3.05) is 37.7 Å².